The molecule has 0 bridgehead atoms. The van der Waals surface area contributed by atoms with Crippen molar-refractivity contribution in [2.75, 3.05) is 6.54 Å². The molecule has 0 unspecified atom stereocenters. The van der Waals surface area contributed by atoms with Crippen LogP contribution in [0.25, 0.3) is 0 Å². The fourth-order valence-electron chi connectivity index (χ4n) is 1.22. The normalized spacial score (nSPS) is 23.1. The predicted octanol–water partition coefficient (Wildman–Crippen LogP) is 1.80. The van der Waals surface area contributed by atoms with Crippen molar-refractivity contribution in [3.05, 3.63) is 0 Å². The minimum absolute atomic E-state index is 0. The summed E-state index contributed by atoms with van der Waals surface area (Å²) in [5, 5.41) is 0. The monoisotopic (exact) mass is 171 g/mol. The molecule has 0 heterocycles. The van der Waals surface area contributed by atoms with Gasteiger partial charge in [-0.1, -0.05) is 0 Å². The summed E-state index contributed by atoms with van der Waals surface area (Å²) in [5.41, 5.74) is 5.18. The molecule has 0 amide bonds. The van der Waals surface area contributed by atoms with E-state index in [1.54, 1.807) is 0 Å². The van der Waals surface area contributed by atoms with Crippen LogP contribution in [-0.4, -0.2) is 12.5 Å². The predicted molar refractivity (Wildman–Crippen MR) is 38.6 cm³/mol. The lowest BCUT2D eigenvalue weighted by Gasteiger charge is -2.34. The molecule has 1 aliphatic rings. The molecule has 0 saturated heterocycles. The number of alkyl halides is 2. The van der Waals surface area contributed by atoms with Crippen LogP contribution in [0.5, 0.6) is 0 Å². The van der Waals surface area contributed by atoms with Crippen molar-refractivity contribution >= 4 is 12.4 Å². The second kappa shape index (κ2) is 3.49. The molecule has 0 aromatic carbocycles. The quantitative estimate of drug-likeness (QED) is 0.674. The molecular formula is C6H12ClF2N. The molecule has 2 N–H and O–H groups in total. The third kappa shape index (κ3) is 2.39. The van der Waals surface area contributed by atoms with Crippen LogP contribution in [-0.2, 0) is 0 Å². The summed E-state index contributed by atoms with van der Waals surface area (Å²) in [7, 11) is 0. The van der Waals surface area contributed by atoms with Crippen LogP contribution in [0.2, 0.25) is 0 Å². The molecule has 0 aromatic heterocycles. The third-order valence-corrected chi connectivity index (χ3v) is 1.75. The third-order valence-electron chi connectivity index (χ3n) is 1.75. The first-order valence-corrected chi connectivity index (χ1v) is 3.22. The first kappa shape index (κ1) is 10.1. The van der Waals surface area contributed by atoms with Crippen LogP contribution in [0.3, 0.4) is 0 Å². The second-order valence-corrected chi connectivity index (χ2v) is 2.71. The van der Waals surface area contributed by atoms with Crippen LogP contribution in [0.4, 0.5) is 8.78 Å². The van der Waals surface area contributed by atoms with Crippen molar-refractivity contribution in [1.82, 2.24) is 0 Å². The lowest BCUT2D eigenvalue weighted by molar-refractivity contribution is -0.111. The van der Waals surface area contributed by atoms with Gasteiger partial charge in [-0.05, 0) is 18.9 Å². The highest BCUT2D eigenvalue weighted by atomic mass is 35.5. The van der Waals surface area contributed by atoms with Crippen molar-refractivity contribution < 1.29 is 8.78 Å². The van der Waals surface area contributed by atoms with Gasteiger partial charge in [0, 0.05) is 12.8 Å². The maximum absolute atomic E-state index is 12.1. The molecule has 1 fully saturated rings. The van der Waals surface area contributed by atoms with Crippen LogP contribution in [0.15, 0.2) is 0 Å². The summed E-state index contributed by atoms with van der Waals surface area (Å²) in [4.78, 5) is 0. The van der Waals surface area contributed by atoms with Crippen LogP contribution < -0.4 is 5.73 Å². The van der Waals surface area contributed by atoms with Gasteiger partial charge in [-0.15, -0.1) is 12.4 Å². The SMILES string of the molecule is Cl.NCCC1CC(F)(F)C1. The summed E-state index contributed by atoms with van der Waals surface area (Å²) in [6.07, 6.45) is 0.879. The van der Waals surface area contributed by atoms with Crippen LogP contribution in [0.1, 0.15) is 19.3 Å². The summed E-state index contributed by atoms with van der Waals surface area (Å²) in [5.74, 6) is -2.16. The molecule has 1 saturated carbocycles. The van der Waals surface area contributed by atoms with Gasteiger partial charge < -0.3 is 5.73 Å². The molecule has 0 atom stereocenters. The molecule has 1 nitrogen and oxygen atoms in total. The molecule has 0 aliphatic heterocycles. The summed E-state index contributed by atoms with van der Waals surface area (Å²) < 4.78 is 24.1. The number of rotatable bonds is 2. The zero-order valence-electron chi connectivity index (χ0n) is 5.65. The second-order valence-electron chi connectivity index (χ2n) is 2.71. The average molecular weight is 172 g/mol. The molecule has 0 aromatic rings. The molecule has 10 heavy (non-hydrogen) atoms. The first-order valence-electron chi connectivity index (χ1n) is 3.22. The number of hydrogen-bond acceptors (Lipinski definition) is 1. The molecule has 62 valence electrons. The van der Waals surface area contributed by atoms with Crippen LogP contribution >= 0.6 is 12.4 Å². The average Bonchev–Trinajstić information content (AvgIpc) is 1.62. The van der Waals surface area contributed by atoms with E-state index < -0.39 is 5.92 Å². The van der Waals surface area contributed by atoms with Crippen LogP contribution in [0, 0.1) is 5.92 Å². The smallest absolute Gasteiger partial charge is 0.248 e. The number of hydrogen-bond donors (Lipinski definition) is 1. The fraction of sp³-hybridized carbons (Fsp3) is 1.00. The Balaban J connectivity index is 0.000000810. The van der Waals surface area contributed by atoms with E-state index >= 15 is 0 Å². The Hall–Kier alpha value is 0.110. The zero-order valence-corrected chi connectivity index (χ0v) is 6.46. The largest absolute Gasteiger partial charge is 0.330 e. The Morgan fingerprint density at radius 2 is 1.90 bits per heavy atom. The van der Waals surface area contributed by atoms with Gasteiger partial charge >= 0.3 is 0 Å². The molecule has 1 aliphatic carbocycles. The van der Waals surface area contributed by atoms with E-state index in [-0.39, 0.29) is 31.2 Å². The Morgan fingerprint density at radius 3 is 2.20 bits per heavy atom. The van der Waals surface area contributed by atoms with Crippen molar-refractivity contribution in [3.63, 3.8) is 0 Å². The number of halogens is 3. The Kier molecular flexibility index (Phi) is 3.52. The molecule has 0 radical (unpaired) electrons. The van der Waals surface area contributed by atoms with Gasteiger partial charge in [0.25, 0.3) is 0 Å². The highest BCUT2D eigenvalue weighted by Gasteiger charge is 2.44. The lowest BCUT2D eigenvalue weighted by Crippen LogP contribution is -2.36. The van der Waals surface area contributed by atoms with E-state index in [1.165, 1.54) is 0 Å². The van der Waals surface area contributed by atoms with Gasteiger partial charge in [-0.25, -0.2) is 8.78 Å². The van der Waals surface area contributed by atoms with Gasteiger partial charge in [-0.2, -0.15) is 0 Å². The van der Waals surface area contributed by atoms with Crippen molar-refractivity contribution in [2.45, 2.75) is 25.2 Å². The van der Waals surface area contributed by atoms with E-state index in [1.807, 2.05) is 0 Å². The van der Waals surface area contributed by atoms with Gasteiger partial charge in [0.1, 0.15) is 0 Å². The van der Waals surface area contributed by atoms with Gasteiger partial charge in [0.05, 0.1) is 0 Å². The molecule has 0 spiro atoms. The fourth-order valence-corrected chi connectivity index (χ4v) is 1.22. The standard InChI is InChI=1S/C6H11F2N.ClH/c7-6(8)3-5(4-6)1-2-9;/h5H,1-4,9H2;1H. The number of nitrogens with two attached hydrogens (primary N) is 1. The maximum Gasteiger partial charge on any atom is 0.248 e. The van der Waals surface area contributed by atoms with E-state index in [2.05, 4.69) is 0 Å². The minimum atomic E-state index is -2.36. The maximum atomic E-state index is 12.1. The van der Waals surface area contributed by atoms with Gasteiger partial charge in [-0.3, -0.25) is 0 Å². The molecule has 4 heteroatoms. The van der Waals surface area contributed by atoms with E-state index in [0.29, 0.717) is 6.54 Å². The topological polar surface area (TPSA) is 26.0 Å². The Bertz CT molecular complexity index is 99.9. The van der Waals surface area contributed by atoms with Crippen molar-refractivity contribution in [1.29, 1.82) is 0 Å². The molecule has 1 rings (SSSR count). The van der Waals surface area contributed by atoms with Crippen molar-refractivity contribution in [3.8, 4) is 0 Å². The van der Waals surface area contributed by atoms with E-state index in [0.717, 1.165) is 6.42 Å². The zero-order chi connectivity index (χ0) is 6.91. The summed E-state index contributed by atoms with van der Waals surface area (Å²) in [6.45, 7) is 0.542. The Morgan fingerprint density at radius 1 is 1.40 bits per heavy atom. The summed E-state index contributed by atoms with van der Waals surface area (Å²) >= 11 is 0. The highest BCUT2D eigenvalue weighted by Crippen LogP contribution is 2.43. The van der Waals surface area contributed by atoms with Gasteiger partial charge in [0.2, 0.25) is 5.92 Å². The van der Waals surface area contributed by atoms with Crippen molar-refractivity contribution in [2.24, 2.45) is 11.7 Å². The summed E-state index contributed by atoms with van der Waals surface area (Å²) in [6, 6.07) is 0. The van der Waals surface area contributed by atoms with E-state index in [4.69, 9.17) is 5.73 Å². The minimum Gasteiger partial charge on any atom is -0.330 e. The van der Waals surface area contributed by atoms with E-state index in [9.17, 15) is 8.78 Å². The highest BCUT2D eigenvalue weighted by molar-refractivity contribution is 5.85. The lowest BCUT2D eigenvalue weighted by atomic mass is 9.79. The Labute approximate surface area is 65.4 Å². The molecular weight excluding hydrogens is 160 g/mol. The van der Waals surface area contributed by atoms with Gasteiger partial charge in [0.15, 0.2) is 0 Å². The first-order chi connectivity index (χ1) is 4.14.